The molecule has 0 aromatic carbocycles. The minimum absolute atomic E-state index is 0.390. The van der Waals surface area contributed by atoms with Crippen molar-refractivity contribution >= 4 is 12.4 Å². The van der Waals surface area contributed by atoms with Gasteiger partial charge in [-0.25, -0.2) is 4.79 Å². The van der Waals surface area contributed by atoms with Gasteiger partial charge < -0.3 is 9.64 Å². The molecule has 18 heavy (non-hydrogen) atoms. The Morgan fingerprint density at radius 3 is 2.72 bits per heavy atom. The summed E-state index contributed by atoms with van der Waals surface area (Å²) < 4.78 is 5.17. The molecule has 4 nitrogen and oxygen atoms in total. The van der Waals surface area contributed by atoms with Gasteiger partial charge in [0.15, 0.2) is 0 Å². The minimum Gasteiger partial charge on any atom is -0.457 e. The summed E-state index contributed by atoms with van der Waals surface area (Å²) in [6, 6.07) is 0. The molecule has 1 heterocycles. The molecule has 0 spiro atoms. The number of ether oxygens (including phenoxy) is 1. The summed E-state index contributed by atoms with van der Waals surface area (Å²) in [7, 11) is 0. The highest BCUT2D eigenvalue weighted by atomic mass is 16.6. The Hall–Kier alpha value is -1.58. The molecular formula is C14H21NO3. The van der Waals surface area contributed by atoms with Crippen LogP contribution in [-0.4, -0.2) is 29.4 Å². The maximum absolute atomic E-state index is 11.5. The van der Waals surface area contributed by atoms with Crippen LogP contribution in [0.15, 0.2) is 23.9 Å². The molecule has 100 valence electrons. The Morgan fingerprint density at radius 1 is 1.39 bits per heavy atom. The minimum atomic E-state index is -0.496. The maximum atomic E-state index is 11.5. The van der Waals surface area contributed by atoms with Crippen LogP contribution in [0.2, 0.25) is 0 Å². The highest BCUT2D eigenvalue weighted by molar-refractivity contribution is 5.83. The average Bonchev–Trinajstić information content (AvgIpc) is 2.48. The van der Waals surface area contributed by atoms with Crippen LogP contribution in [0.3, 0.4) is 0 Å². The maximum Gasteiger partial charge on any atom is 0.331 e. The standard InChI is InChI=1S/C14H21NO3/c1-14(2,3)18-13(17)9-8-12-7-5-4-6-10-15(12)11-16/h7-9,11H,4-6,10H2,1-3H3/b9-8+. The number of rotatable bonds is 3. The lowest BCUT2D eigenvalue weighted by molar-refractivity contribution is -0.148. The van der Waals surface area contributed by atoms with Crippen LogP contribution < -0.4 is 0 Å². The zero-order valence-corrected chi connectivity index (χ0v) is 11.3. The second-order valence-electron chi connectivity index (χ2n) is 5.29. The molecule has 0 saturated heterocycles. The topological polar surface area (TPSA) is 46.6 Å². The fraction of sp³-hybridized carbons (Fsp3) is 0.571. The van der Waals surface area contributed by atoms with E-state index in [1.54, 1.807) is 11.0 Å². The van der Waals surface area contributed by atoms with Crippen molar-refractivity contribution < 1.29 is 14.3 Å². The van der Waals surface area contributed by atoms with Gasteiger partial charge in [-0.15, -0.1) is 0 Å². The van der Waals surface area contributed by atoms with Gasteiger partial charge in [-0.2, -0.15) is 0 Å². The molecule has 0 atom stereocenters. The van der Waals surface area contributed by atoms with E-state index >= 15 is 0 Å². The van der Waals surface area contributed by atoms with Crippen LogP contribution in [-0.2, 0) is 14.3 Å². The number of hydrogen-bond donors (Lipinski definition) is 0. The number of carbonyl (C=O) groups excluding carboxylic acids is 2. The second kappa shape index (κ2) is 6.38. The number of amides is 1. The lowest BCUT2D eigenvalue weighted by atomic mass is 10.2. The molecular weight excluding hydrogens is 230 g/mol. The first kappa shape index (κ1) is 14.5. The molecule has 1 aliphatic rings. The van der Waals surface area contributed by atoms with Crippen molar-refractivity contribution in [3.63, 3.8) is 0 Å². The first-order chi connectivity index (χ1) is 8.42. The molecule has 0 bridgehead atoms. The van der Waals surface area contributed by atoms with Crippen LogP contribution in [0.1, 0.15) is 40.0 Å². The predicted octanol–water partition coefficient (Wildman–Crippen LogP) is 2.41. The Bertz CT molecular complexity index is 364. The van der Waals surface area contributed by atoms with Crippen molar-refractivity contribution in [1.29, 1.82) is 0 Å². The smallest absolute Gasteiger partial charge is 0.331 e. The van der Waals surface area contributed by atoms with E-state index in [0.717, 1.165) is 31.4 Å². The molecule has 1 aliphatic heterocycles. The Labute approximate surface area is 108 Å². The highest BCUT2D eigenvalue weighted by Crippen LogP contribution is 2.14. The Balaban J connectivity index is 2.66. The van der Waals surface area contributed by atoms with Gasteiger partial charge in [-0.05, 0) is 46.1 Å². The molecule has 0 unspecified atom stereocenters. The van der Waals surface area contributed by atoms with Gasteiger partial charge in [0.2, 0.25) is 6.41 Å². The van der Waals surface area contributed by atoms with E-state index in [1.165, 1.54) is 6.08 Å². The van der Waals surface area contributed by atoms with Gasteiger partial charge in [0.1, 0.15) is 5.60 Å². The average molecular weight is 251 g/mol. The van der Waals surface area contributed by atoms with Crippen molar-refractivity contribution in [1.82, 2.24) is 4.90 Å². The number of allylic oxidation sites excluding steroid dienone is 2. The molecule has 1 rings (SSSR count). The van der Waals surface area contributed by atoms with Crippen LogP contribution >= 0.6 is 0 Å². The number of esters is 1. The predicted molar refractivity (Wildman–Crippen MR) is 69.7 cm³/mol. The fourth-order valence-electron chi connectivity index (χ4n) is 1.69. The van der Waals surface area contributed by atoms with E-state index in [4.69, 9.17) is 4.74 Å². The Morgan fingerprint density at radius 2 is 2.11 bits per heavy atom. The van der Waals surface area contributed by atoms with Crippen molar-refractivity contribution in [2.75, 3.05) is 6.54 Å². The van der Waals surface area contributed by atoms with Crippen LogP contribution in [0.4, 0.5) is 0 Å². The zero-order chi connectivity index (χ0) is 13.6. The number of nitrogens with zero attached hydrogens (tertiary/aromatic N) is 1. The second-order valence-corrected chi connectivity index (χ2v) is 5.29. The van der Waals surface area contributed by atoms with Gasteiger partial charge in [0.25, 0.3) is 0 Å². The number of carbonyl (C=O) groups is 2. The van der Waals surface area contributed by atoms with Gasteiger partial charge in [0.05, 0.1) is 0 Å². The lowest BCUT2D eigenvalue weighted by Gasteiger charge is -2.19. The molecule has 0 saturated carbocycles. The van der Waals surface area contributed by atoms with Crippen molar-refractivity contribution in [2.45, 2.75) is 45.6 Å². The van der Waals surface area contributed by atoms with Gasteiger partial charge in [0, 0.05) is 18.3 Å². The summed E-state index contributed by atoms with van der Waals surface area (Å²) in [5.74, 6) is -0.390. The van der Waals surface area contributed by atoms with Crippen molar-refractivity contribution in [3.8, 4) is 0 Å². The van der Waals surface area contributed by atoms with Gasteiger partial charge >= 0.3 is 5.97 Å². The van der Waals surface area contributed by atoms with E-state index in [0.29, 0.717) is 6.54 Å². The van der Waals surface area contributed by atoms with Gasteiger partial charge in [-0.3, -0.25) is 4.79 Å². The molecule has 4 heteroatoms. The molecule has 1 amide bonds. The summed E-state index contributed by atoms with van der Waals surface area (Å²) in [6.45, 7) is 6.16. The number of hydrogen-bond acceptors (Lipinski definition) is 3. The Kier molecular flexibility index (Phi) is 5.13. The highest BCUT2D eigenvalue weighted by Gasteiger charge is 2.15. The van der Waals surface area contributed by atoms with Crippen LogP contribution in [0.5, 0.6) is 0 Å². The summed E-state index contributed by atoms with van der Waals surface area (Å²) in [5, 5.41) is 0. The van der Waals surface area contributed by atoms with E-state index in [9.17, 15) is 9.59 Å². The largest absolute Gasteiger partial charge is 0.457 e. The quantitative estimate of drug-likeness (QED) is 0.439. The van der Waals surface area contributed by atoms with Crippen molar-refractivity contribution in [3.05, 3.63) is 23.9 Å². The van der Waals surface area contributed by atoms with E-state index < -0.39 is 11.6 Å². The third-order valence-corrected chi connectivity index (χ3v) is 2.46. The molecule has 0 N–H and O–H groups in total. The normalized spacial score (nSPS) is 17.3. The first-order valence-electron chi connectivity index (χ1n) is 6.25. The van der Waals surface area contributed by atoms with E-state index in [1.807, 2.05) is 26.8 Å². The monoisotopic (exact) mass is 251 g/mol. The third kappa shape index (κ3) is 5.17. The lowest BCUT2D eigenvalue weighted by Crippen LogP contribution is -2.23. The third-order valence-electron chi connectivity index (χ3n) is 2.46. The summed E-state index contributed by atoms with van der Waals surface area (Å²) in [4.78, 5) is 24.1. The van der Waals surface area contributed by atoms with E-state index in [-0.39, 0.29) is 0 Å². The molecule has 0 fully saturated rings. The first-order valence-corrected chi connectivity index (χ1v) is 6.25. The van der Waals surface area contributed by atoms with Crippen molar-refractivity contribution in [2.24, 2.45) is 0 Å². The van der Waals surface area contributed by atoms with Crippen LogP contribution in [0.25, 0.3) is 0 Å². The summed E-state index contributed by atoms with van der Waals surface area (Å²) in [6.07, 6.45) is 8.77. The fourth-order valence-corrected chi connectivity index (χ4v) is 1.69. The zero-order valence-electron chi connectivity index (χ0n) is 11.3. The summed E-state index contributed by atoms with van der Waals surface area (Å²) >= 11 is 0. The van der Waals surface area contributed by atoms with E-state index in [2.05, 4.69) is 0 Å². The molecule has 0 aliphatic carbocycles. The SMILES string of the molecule is CC(C)(C)OC(=O)/C=C/C1=CCCCCN1C=O. The molecule has 0 radical (unpaired) electrons. The molecule has 0 aromatic rings. The van der Waals surface area contributed by atoms with Crippen LogP contribution in [0, 0.1) is 0 Å². The summed E-state index contributed by atoms with van der Waals surface area (Å²) in [5.41, 5.74) is 0.275. The van der Waals surface area contributed by atoms with Gasteiger partial charge in [-0.1, -0.05) is 6.08 Å². The molecule has 0 aromatic heterocycles.